The van der Waals surface area contributed by atoms with Crippen molar-refractivity contribution in [2.45, 2.75) is 12.8 Å². The van der Waals surface area contributed by atoms with Crippen LogP contribution in [-0.2, 0) is 4.74 Å². The van der Waals surface area contributed by atoms with Crippen molar-refractivity contribution in [1.29, 1.82) is 0 Å². The normalized spacial score (nSPS) is 17.8. The first-order valence-corrected chi connectivity index (χ1v) is 5.27. The summed E-state index contributed by atoms with van der Waals surface area (Å²) >= 11 is 5.74. The van der Waals surface area contributed by atoms with Crippen molar-refractivity contribution < 1.29 is 9.53 Å². The van der Waals surface area contributed by atoms with E-state index in [-0.39, 0.29) is 5.78 Å². The highest BCUT2D eigenvalue weighted by atomic mass is 35.5. The van der Waals surface area contributed by atoms with Gasteiger partial charge < -0.3 is 4.74 Å². The number of hydrogen-bond donors (Lipinski definition) is 0. The SMILES string of the molecule is O=C(/C=C1/CCCO1)c1ccc(Cl)cc1. The molecule has 0 radical (unpaired) electrons. The van der Waals surface area contributed by atoms with E-state index in [2.05, 4.69) is 0 Å². The summed E-state index contributed by atoms with van der Waals surface area (Å²) < 4.78 is 5.28. The molecule has 1 aliphatic rings. The number of ether oxygens (including phenoxy) is 1. The molecule has 0 N–H and O–H groups in total. The van der Waals surface area contributed by atoms with E-state index in [1.165, 1.54) is 0 Å². The second-order valence-corrected chi connectivity index (χ2v) is 3.87. The van der Waals surface area contributed by atoms with Gasteiger partial charge in [0.25, 0.3) is 0 Å². The predicted molar refractivity (Wildman–Crippen MR) is 59.1 cm³/mol. The molecule has 1 fully saturated rings. The minimum atomic E-state index is -0.0245. The van der Waals surface area contributed by atoms with Gasteiger partial charge in [-0.05, 0) is 30.7 Å². The Morgan fingerprint density at radius 3 is 2.67 bits per heavy atom. The van der Waals surface area contributed by atoms with Crippen molar-refractivity contribution in [3.8, 4) is 0 Å². The van der Waals surface area contributed by atoms with Gasteiger partial charge >= 0.3 is 0 Å². The Morgan fingerprint density at radius 1 is 1.33 bits per heavy atom. The van der Waals surface area contributed by atoms with Crippen LogP contribution in [0.3, 0.4) is 0 Å². The van der Waals surface area contributed by atoms with E-state index in [4.69, 9.17) is 16.3 Å². The predicted octanol–water partition coefficient (Wildman–Crippen LogP) is 3.22. The number of ketones is 1. The van der Waals surface area contributed by atoms with Crippen molar-refractivity contribution in [1.82, 2.24) is 0 Å². The van der Waals surface area contributed by atoms with Gasteiger partial charge in [-0.1, -0.05) is 11.6 Å². The van der Waals surface area contributed by atoms with Gasteiger partial charge in [-0.15, -0.1) is 0 Å². The molecule has 78 valence electrons. The minimum absolute atomic E-state index is 0.0245. The highest BCUT2D eigenvalue weighted by molar-refractivity contribution is 6.30. The molecule has 1 aromatic rings. The molecular weight excluding hydrogens is 212 g/mol. The lowest BCUT2D eigenvalue weighted by atomic mass is 10.1. The number of carbonyl (C=O) groups excluding carboxylic acids is 1. The molecular formula is C12H11ClO2. The van der Waals surface area contributed by atoms with E-state index in [1.807, 2.05) is 0 Å². The standard InChI is InChI=1S/C12H11ClO2/c13-10-5-3-9(4-6-10)12(14)8-11-2-1-7-15-11/h3-6,8H,1-2,7H2/b11-8-. The molecule has 3 heteroatoms. The van der Waals surface area contributed by atoms with Gasteiger partial charge in [0.15, 0.2) is 5.78 Å². The van der Waals surface area contributed by atoms with Crippen LogP contribution in [0.1, 0.15) is 23.2 Å². The summed E-state index contributed by atoms with van der Waals surface area (Å²) in [5, 5.41) is 0.635. The van der Waals surface area contributed by atoms with Gasteiger partial charge in [-0.2, -0.15) is 0 Å². The van der Waals surface area contributed by atoms with E-state index < -0.39 is 0 Å². The van der Waals surface area contributed by atoms with Gasteiger partial charge in [0.05, 0.1) is 12.4 Å². The summed E-state index contributed by atoms with van der Waals surface area (Å²) in [5.41, 5.74) is 0.641. The molecule has 1 saturated heterocycles. The van der Waals surface area contributed by atoms with Crippen molar-refractivity contribution in [2.24, 2.45) is 0 Å². The molecule has 0 atom stereocenters. The Hall–Kier alpha value is -1.28. The van der Waals surface area contributed by atoms with Gasteiger partial charge in [0, 0.05) is 23.1 Å². The first kappa shape index (κ1) is 10.2. The van der Waals surface area contributed by atoms with Crippen LogP contribution >= 0.6 is 11.6 Å². The lowest BCUT2D eigenvalue weighted by Gasteiger charge is -1.98. The molecule has 1 heterocycles. The molecule has 0 bridgehead atoms. The summed E-state index contributed by atoms with van der Waals surface area (Å²) in [4.78, 5) is 11.7. The highest BCUT2D eigenvalue weighted by Crippen LogP contribution is 2.17. The molecule has 0 aromatic heterocycles. The third-order valence-corrected chi connectivity index (χ3v) is 2.53. The zero-order valence-corrected chi connectivity index (χ0v) is 8.96. The van der Waals surface area contributed by atoms with Crippen LogP contribution in [0.15, 0.2) is 36.1 Å². The molecule has 0 unspecified atom stereocenters. The zero-order valence-electron chi connectivity index (χ0n) is 8.20. The molecule has 1 aliphatic heterocycles. The molecule has 0 spiro atoms. The maximum Gasteiger partial charge on any atom is 0.189 e. The fourth-order valence-corrected chi connectivity index (χ4v) is 1.61. The van der Waals surface area contributed by atoms with Gasteiger partial charge in [-0.3, -0.25) is 4.79 Å². The third kappa shape index (κ3) is 2.60. The molecule has 1 aromatic carbocycles. The quantitative estimate of drug-likeness (QED) is 0.567. The summed E-state index contributed by atoms with van der Waals surface area (Å²) in [6.07, 6.45) is 3.43. The van der Waals surface area contributed by atoms with Crippen LogP contribution in [-0.4, -0.2) is 12.4 Å². The second-order valence-electron chi connectivity index (χ2n) is 3.43. The third-order valence-electron chi connectivity index (χ3n) is 2.28. The number of hydrogen-bond acceptors (Lipinski definition) is 2. The summed E-state index contributed by atoms with van der Waals surface area (Å²) in [7, 11) is 0. The Labute approximate surface area is 93.5 Å². The molecule has 0 saturated carbocycles. The van der Waals surface area contributed by atoms with E-state index in [0.29, 0.717) is 10.6 Å². The van der Waals surface area contributed by atoms with Crippen molar-refractivity contribution in [3.05, 3.63) is 46.7 Å². The monoisotopic (exact) mass is 222 g/mol. The minimum Gasteiger partial charge on any atom is -0.498 e. The summed E-state index contributed by atoms with van der Waals surface area (Å²) in [5.74, 6) is 0.763. The molecule has 2 rings (SSSR count). The van der Waals surface area contributed by atoms with Crippen LogP contribution in [0, 0.1) is 0 Å². The fraction of sp³-hybridized carbons (Fsp3) is 0.250. The van der Waals surface area contributed by atoms with Crippen LogP contribution in [0.4, 0.5) is 0 Å². The second kappa shape index (κ2) is 4.49. The lowest BCUT2D eigenvalue weighted by molar-refractivity contribution is 0.104. The Kier molecular flexibility index (Phi) is 3.07. The smallest absolute Gasteiger partial charge is 0.189 e. The maximum absolute atomic E-state index is 11.7. The number of benzene rings is 1. The van der Waals surface area contributed by atoms with Gasteiger partial charge in [0.2, 0.25) is 0 Å². The highest BCUT2D eigenvalue weighted by Gasteiger charge is 2.10. The summed E-state index contributed by atoms with van der Waals surface area (Å²) in [6.45, 7) is 0.722. The number of halogens is 1. The van der Waals surface area contributed by atoms with E-state index in [1.54, 1.807) is 30.3 Å². The first-order chi connectivity index (χ1) is 7.25. The average Bonchev–Trinajstić information content (AvgIpc) is 2.71. The van der Waals surface area contributed by atoms with Crippen LogP contribution < -0.4 is 0 Å². The van der Waals surface area contributed by atoms with Gasteiger partial charge in [0.1, 0.15) is 0 Å². The number of carbonyl (C=O) groups is 1. The molecule has 0 aliphatic carbocycles. The Morgan fingerprint density at radius 2 is 2.07 bits per heavy atom. The summed E-state index contributed by atoms with van der Waals surface area (Å²) in [6, 6.07) is 6.86. The number of allylic oxidation sites excluding steroid dienone is 2. The first-order valence-electron chi connectivity index (χ1n) is 4.89. The fourth-order valence-electron chi connectivity index (χ4n) is 1.48. The van der Waals surface area contributed by atoms with E-state index in [0.717, 1.165) is 25.2 Å². The molecule has 15 heavy (non-hydrogen) atoms. The van der Waals surface area contributed by atoms with E-state index in [9.17, 15) is 4.79 Å². The Balaban J connectivity index is 2.14. The lowest BCUT2D eigenvalue weighted by Crippen LogP contribution is -1.95. The van der Waals surface area contributed by atoms with Crippen LogP contribution in [0.2, 0.25) is 5.02 Å². The maximum atomic E-state index is 11.7. The molecule has 2 nitrogen and oxygen atoms in total. The topological polar surface area (TPSA) is 26.3 Å². The average molecular weight is 223 g/mol. The largest absolute Gasteiger partial charge is 0.498 e. The van der Waals surface area contributed by atoms with Crippen molar-refractivity contribution in [2.75, 3.05) is 6.61 Å². The number of rotatable bonds is 2. The van der Waals surface area contributed by atoms with E-state index >= 15 is 0 Å². The zero-order chi connectivity index (χ0) is 10.7. The van der Waals surface area contributed by atoms with Crippen molar-refractivity contribution in [3.63, 3.8) is 0 Å². The van der Waals surface area contributed by atoms with Crippen LogP contribution in [0.5, 0.6) is 0 Å². The Bertz CT molecular complexity index is 385. The van der Waals surface area contributed by atoms with Crippen molar-refractivity contribution >= 4 is 17.4 Å². The van der Waals surface area contributed by atoms with Crippen LogP contribution in [0.25, 0.3) is 0 Å². The molecule has 0 amide bonds. The van der Waals surface area contributed by atoms with Gasteiger partial charge in [-0.25, -0.2) is 0 Å².